The zero-order chi connectivity index (χ0) is 19.9. The average molecular weight is 384 g/mol. The molecule has 0 bridgehead atoms. The molecule has 0 unspecified atom stereocenters. The minimum atomic E-state index is -0.496. The van der Waals surface area contributed by atoms with Gasteiger partial charge in [0.05, 0.1) is 17.6 Å². The van der Waals surface area contributed by atoms with E-state index >= 15 is 0 Å². The number of nitrogens with zero attached hydrogens (tertiary/aromatic N) is 2. The Morgan fingerprint density at radius 2 is 2.04 bits per heavy atom. The van der Waals surface area contributed by atoms with Gasteiger partial charge in [0, 0.05) is 44.0 Å². The van der Waals surface area contributed by atoms with Gasteiger partial charge in [0.25, 0.3) is 5.69 Å². The second-order valence-electron chi connectivity index (χ2n) is 6.85. The fourth-order valence-corrected chi connectivity index (χ4v) is 3.19. The van der Waals surface area contributed by atoms with Gasteiger partial charge in [-0.2, -0.15) is 0 Å². The normalized spacial score (nSPS) is 17.1. The number of nitrogens with one attached hydrogen (secondary N) is 2. The maximum Gasteiger partial charge on any atom is 0.319 e. The van der Waals surface area contributed by atoms with Crippen LogP contribution < -0.4 is 10.6 Å². The molecule has 0 radical (unpaired) electrons. The molecule has 1 aliphatic heterocycles. The van der Waals surface area contributed by atoms with E-state index in [1.807, 2.05) is 12.1 Å². The Morgan fingerprint density at radius 1 is 1.25 bits per heavy atom. The summed E-state index contributed by atoms with van der Waals surface area (Å²) in [6.07, 6.45) is 0.246. The summed E-state index contributed by atoms with van der Waals surface area (Å²) < 4.78 is 5.57. The fourth-order valence-electron chi connectivity index (χ4n) is 3.19. The summed E-state index contributed by atoms with van der Waals surface area (Å²) in [4.78, 5) is 24.8. The van der Waals surface area contributed by atoms with Crippen LogP contribution in [0, 0.1) is 10.1 Å². The SMILES string of the molecule is C[C@@H]1CN(Cc2cccc(CNC(=O)Nc3cccc([N+](=O)[O-])c3)c2)CCO1. The number of hydrogen-bond donors (Lipinski definition) is 2. The molecule has 1 fully saturated rings. The van der Waals surface area contributed by atoms with Gasteiger partial charge in [-0.05, 0) is 24.1 Å². The topological polar surface area (TPSA) is 96.7 Å². The molecule has 0 spiro atoms. The Hall–Kier alpha value is -2.97. The van der Waals surface area contributed by atoms with Crippen molar-refractivity contribution in [2.24, 2.45) is 0 Å². The highest BCUT2D eigenvalue weighted by Crippen LogP contribution is 2.17. The number of carbonyl (C=O) groups excluding carboxylic acids is 1. The average Bonchev–Trinajstić information content (AvgIpc) is 2.67. The Morgan fingerprint density at radius 3 is 2.82 bits per heavy atom. The van der Waals surface area contributed by atoms with Crippen LogP contribution in [0.2, 0.25) is 0 Å². The number of rotatable bonds is 6. The van der Waals surface area contributed by atoms with Crippen molar-refractivity contribution in [2.75, 3.05) is 25.0 Å². The molecule has 8 heteroatoms. The summed E-state index contributed by atoms with van der Waals surface area (Å²) in [5.74, 6) is 0. The van der Waals surface area contributed by atoms with Crippen LogP contribution >= 0.6 is 0 Å². The molecule has 2 aromatic rings. The number of hydrogen-bond acceptors (Lipinski definition) is 5. The number of morpholine rings is 1. The van der Waals surface area contributed by atoms with Crippen molar-refractivity contribution in [2.45, 2.75) is 26.1 Å². The molecule has 8 nitrogen and oxygen atoms in total. The first-order valence-corrected chi connectivity index (χ1v) is 9.20. The molecule has 28 heavy (non-hydrogen) atoms. The van der Waals surface area contributed by atoms with Crippen LogP contribution in [0.4, 0.5) is 16.2 Å². The summed E-state index contributed by atoms with van der Waals surface area (Å²) in [6.45, 7) is 5.87. The predicted octanol–water partition coefficient (Wildman–Crippen LogP) is 3.14. The monoisotopic (exact) mass is 384 g/mol. The lowest BCUT2D eigenvalue weighted by Gasteiger charge is -2.31. The summed E-state index contributed by atoms with van der Waals surface area (Å²) in [5.41, 5.74) is 2.49. The molecular weight excluding hydrogens is 360 g/mol. The first-order valence-electron chi connectivity index (χ1n) is 9.20. The Bertz CT molecular complexity index is 842. The molecule has 1 atom stereocenters. The van der Waals surface area contributed by atoms with Gasteiger partial charge in [-0.15, -0.1) is 0 Å². The van der Waals surface area contributed by atoms with E-state index in [-0.39, 0.29) is 11.8 Å². The van der Waals surface area contributed by atoms with Gasteiger partial charge in [0.1, 0.15) is 0 Å². The number of amides is 2. The highest BCUT2D eigenvalue weighted by atomic mass is 16.6. The van der Waals surface area contributed by atoms with Gasteiger partial charge in [0.2, 0.25) is 0 Å². The first kappa shape index (κ1) is 19.8. The highest BCUT2D eigenvalue weighted by molar-refractivity contribution is 5.89. The minimum absolute atomic E-state index is 0.0667. The number of nitro groups is 1. The van der Waals surface area contributed by atoms with E-state index < -0.39 is 11.0 Å². The maximum atomic E-state index is 12.1. The molecule has 148 valence electrons. The van der Waals surface area contributed by atoms with Crippen LogP contribution in [0.3, 0.4) is 0 Å². The van der Waals surface area contributed by atoms with Crippen molar-refractivity contribution in [1.29, 1.82) is 0 Å². The van der Waals surface area contributed by atoms with E-state index in [1.165, 1.54) is 23.8 Å². The molecule has 2 N–H and O–H groups in total. The minimum Gasteiger partial charge on any atom is -0.376 e. The van der Waals surface area contributed by atoms with Crippen molar-refractivity contribution in [3.05, 3.63) is 69.8 Å². The standard InChI is InChI=1S/C20H24N4O4/c1-15-13-23(8-9-28-15)14-17-5-2-4-16(10-17)12-21-20(25)22-18-6-3-7-19(11-18)24(26)27/h2-7,10-11,15H,8-9,12-14H2,1H3,(H2,21,22,25)/t15-/m1/s1. The predicted molar refractivity (Wildman–Crippen MR) is 106 cm³/mol. The van der Waals surface area contributed by atoms with Gasteiger partial charge in [0.15, 0.2) is 0 Å². The van der Waals surface area contributed by atoms with E-state index in [4.69, 9.17) is 4.74 Å². The van der Waals surface area contributed by atoms with Crippen molar-refractivity contribution in [3.8, 4) is 0 Å². The molecule has 2 aromatic carbocycles. The van der Waals surface area contributed by atoms with Gasteiger partial charge < -0.3 is 15.4 Å². The molecular formula is C20H24N4O4. The number of nitro benzene ring substituents is 1. The quantitative estimate of drug-likeness (QED) is 0.589. The number of ether oxygens (including phenoxy) is 1. The summed E-state index contributed by atoms with van der Waals surface area (Å²) >= 11 is 0. The van der Waals surface area contributed by atoms with Crippen LogP contribution in [0.15, 0.2) is 48.5 Å². The Kier molecular flexibility index (Phi) is 6.57. The smallest absolute Gasteiger partial charge is 0.319 e. The largest absolute Gasteiger partial charge is 0.376 e. The molecule has 2 amide bonds. The lowest BCUT2D eigenvalue weighted by atomic mass is 10.1. The van der Waals surface area contributed by atoms with Crippen LogP contribution in [0.25, 0.3) is 0 Å². The Balaban J connectivity index is 1.52. The number of carbonyl (C=O) groups is 1. The summed E-state index contributed by atoms with van der Waals surface area (Å²) in [6, 6.07) is 13.5. The summed E-state index contributed by atoms with van der Waals surface area (Å²) in [5, 5.41) is 16.2. The number of anilines is 1. The van der Waals surface area contributed by atoms with Crippen LogP contribution in [0.5, 0.6) is 0 Å². The highest BCUT2D eigenvalue weighted by Gasteiger charge is 2.16. The van der Waals surface area contributed by atoms with E-state index in [1.54, 1.807) is 6.07 Å². The molecule has 0 aromatic heterocycles. The lowest BCUT2D eigenvalue weighted by molar-refractivity contribution is -0.384. The van der Waals surface area contributed by atoms with Crippen LogP contribution in [-0.4, -0.2) is 41.7 Å². The lowest BCUT2D eigenvalue weighted by Crippen LogP contribution is -2.40. The number of urea groups is 1. The zero-order valence-electron chi connectivity index (χ0n) is 15.8. The van der Waals surface area contributed by atoms with Crippen LogP contribution in [0.1, 0.15) is 18.1 Å². The van der Waals surface area contributed by atoms with E-state index in [0.29, 0.717) is 12.2 Å². The second kappa shape index (κ2) is 9.29. The molecule has 3 rings (SSSR count). The number of non-ortho nitro benzene ring substituents is 1. The van der Waals surface area contributed by atoms with Gasteiger partial charge in [-0.3, -0.25) is 15.0 Å². The number of benzene rings is 2. The molecule has 1 saturated heterocycles. The van der Waals surface area contributed by atoms with Crippen molar-refractivity contribution < 1.29 is 14.5 Å². The molecule has 1 aliphatic rings. The van der Waals surface area contributed by atoms with E-state index in [2.05, 4.69) is 34.6 Å². The maximum absolute atomic E-state index is 12.1. The molecule has 0 aliphatic carbocycles. The third-order valence-corrected chi connectivity index (χ3v) is 4.49. The van der Waals surface area contributed by atoms with Gasteiger partial charge in [-0.1, -0.05) is 30.3 Å². The molecule has 0 saturated carbocycles. The van der Waals surface area contributed by atoms with Crippen molar-refractivity contribution in [3.63, 3.8) is 0 Å². The Labute approximate surface area is 163 Å². The van der Waals surface area contributed by atoms with E-state index in [9.17, 15) is 14.9 Å². The zero-order valence-corrected chi connectivity index (χ0v) is 15.8. The fraction of sp³-hybridized carbons (Fsp3) is 0.350. The second-order valence-corrected chi connectivity index (χ2v) is 6.85. The third kappa shape index (κ3) is 5.77. The summed E-state index contributed by atoms with van der Waals surface area (Å²) in [7, 11) is 0. The van der Waals surface area contributed by atoms with Crippen molar-refractivity contribution in [1.82, 2.24) is 10.2 Å². The first-order chi connectivity index (χ1) is 13.5. The molecule has 1 heterocycles. The third-order valence-electron chi connectivity index (χ3n) is 4.49. The van der Waals surface area contributed by atoms with Crippen molar-refractivity contribution >= 4 is 17.4 Å². The van der Waals surface area contributed by atoms with Gasteiger partial charge >= 0.3 is 6.03 Å². The van der Waals surface area contributed by atoms with E-state index in [0.717, 1.165) is 31.8 Å². The van der Waals surface area contributed by atoms with Crippen LogP contribution in [-0.2, 0) is 17.8 Å². The van der Waals surface area contributed by atoms with Gasteiger partial charge in [-0.25, -0.2) is 4.79 Å².